The Bertz CT molecular complexity index is 1250. The van der Waals surface area contributed by atoms with Crippen LogP contribution in [-0.2, 0) is 0 Å². The van der Waals surface area contributed by atoms with E-state index in [-0.39, 0.29) is 5.91 Å². The van der Waals surface area contributed by atoms with Crippen LogP contribution in [0.2, 0.25) is 0 Å². The number of aromatic amines is 1. The summed E-state index contributed by atoms with van der Waals surface area (Å²) in [4.78, 5) is 21.4. The van der Waals surface area contributed by atoms with E-state index in [1.807, 2.05) is 52.8 Å². The van der Waals surface area contributed by atoms with E-state index in [9.17, 15) is 4.79 Å². The first-order valence-electron chi connectivity index (χ1n) is 10.5. The average molecular weight is 536 g/mol. The number of nitrogens with zero attached hydrogens (tertiary/aromatic N) is 1. The number of carbonyl (C=O) groups is 1. The molecule has 32 heavy (non-hydrogen) atoms. The van der Waals surface area contributed by atoms with Crippen LogP contribution in [0.3, 0.4) is 0 Å². The summed E-state index contributed by atoms with van der Waals surface area (Å²) in [6.07, 6.45) is 12.7. The normalized spacial score (nSPS) is 15.8. The number of amides is 1. The highest BCUT2D eigenvalue weighted by atomic mass is 127. The maximum Gasteiger partial charge on any atom is 0.252 e. The van der Waals surface area contributed by atoms with Crippen molar-refractivity contribution in [1.82, 2.24) is 15.3 Å². The molecule has 0 aliphatic heterocycles. The van der Waals surface area contributed by atoms with Gasteiger partial charge in [-0.25, -0.2) is 4.98 Å². The van der Waals surface area contributed by atoms with Gasteiger partial charge in [0.25, 0.3) is 5.91 Å². The van der Waals surface area contributed by atoms with Gasteiger partial charge in [0, 0.05) is 34.8 Å². The van der Waals surface area contributed by atoms with Crippen molar-refractivity contribution in [3.05, 3.63) is 87.8 Å². The van der Waals surface area contributed by atoms with E-state index in [2.05, 4.69) is 51.6 Å². The smallest absolute Gasteiger partial charge is 0.252 e. The molecule has 2 heterocycles. The van der Waals surface area contributed by atoms with Gasteiger partial charge < -0.3 is 16.0 Å². The first-order valence-corrected chi connectivity index (χ1v) is 11.8. The Labute approximate surface area is 201 Å². The Morgan fingerprint density at radius 3 is 2.94 bits per heavy atom. The third-order valence-corrected chi connectivity index (χ3v) is 6.00. The summed E-state index contributed by atoms with van der Waals surface area (Å²) in [5.74, 6) is 0.236. The summed E-state index contributed by atoms with van der Waals surface area (Å²) >= 11 is 2.15. The van der Waals surface area contributed by atoms with Gasteiger partial charge in [-0.1, -0.05) is 65.6 Å². The van der Waals surface area contributed by atoms with E-state index < -0.39 is 0 Å². The van der Waals surface area contributed by atoms with Crippen LogP contribution < -0.4 is 11.1 Å². The molecule has 162 valence electrons. The lowest BCUT2D eigenvalue weighted by Gasteiger charge is -2.16. The Morgan fingerprint density at radius 1 is 1.38 bits per heavy atom. The molecule has 5 nitrogen and oxygen atoms in total. The number of hydrogen-bond donors (Lipinski definition) is 3. The fourth-order valence-electron chi connectivity index (χ4n) is 3.87. The number of H-pyrrole nitrogens is 1. The molecule has 1 aromatic carbocycles. The van der Waals surface area contributed by atoms with E-state index in [0.717, 1.165) is 39.7 Å². The number of nitrogens with two attached hydrogens (primary N) is 1. The topological polar surface area (TPSA) is 83.8 Å². The van der Waals surface area contributed by atoms with Gasteiger partial charge in [0.15, 0.2) is 0 Å². The van der Waals surface area contributed by atoms with Crippen molar-refractivity contribution < 1.29 is 4.79 Å². The van der Waals surface area contributed by atoms with Gasteiger partial charge in [-0.15, -0.1) is 0 Å². The van der Waals surface area contributed by atoms with Crippen molar-refractivity contribution in [2.75, 3.05) is 13.1 Å². The molecule has 0 bridgehead atoms. The largest absolute Gasteiger partial charge is 0.360 e. The van der Waals surface area contributed by atoms with E-state index in [0.29, 0.717) is 30.3 Å². The van der Waals surface area contributed by atoms with Gasteiger partial charge in [0.2, 0.25) is 0 Å². The molecule has 0 radical (unpaired) electrons. The quantitative estimate of drug-likeness (QED) is 0.351. The third-order valence-electron chi connectivity index (χ3n) is 5.64. The minimum Gasteiger partial charge on any atom is -0.360 e. The third kappa shape index (κ3) is 4.61. The fraction of sp³-hybridized carbons (Fsp3) is 0.154. The standard InChI is InChI=1S/C26H25IN4O/c1-2-23-20(11-12-27)21(26(32)30-15-18-9-7-17(14-28)8-10-18)13-25(31-23)22-16-29-24-6-4-3-5-19(22)24/h2-7,9-13,16-17,29H,1,8,14-15,28H2,(H,30,32)/b12-11+. The molecule has 0 spiro atoms. The van der Waals surface area contributed by atoms with E-state index in [1.165, 1.54) is 0 Å². The Morgan fingerprint density at radius 2 is 2.22 bits per heavy atom. The van der Waals surface area contributed by atoms with Crippen molar-refractivity contribution in [3.8, 4) is 11.3 Å². The van der Waals surface area contributed by atoms with Crippen molar-refractivity contribution in [3.63, 3.8) is 0 Å². The second-order valence-electron chi connectivity index (χ2n) is 7.65. The summed E-state index contributed by atoms with van der Waals surface area (Å²) < 4.78 is 1.88. The molecular formula is C26H25IN4O. The number of nitrogens with one attached hydrogen (secondary N) is 2. The molecule has 1 unspecified atom stereocenters. The van der Waals surface area contributed by atoms with E-state index in [1.54, 1.807) is 6.08 Å². The number of rotatable bonds is 7. The molecule has 1 atom stereocenters. The lowest BCUT2D eigenvalue weighted by molar-refractivity contribution is 0.0957. The maximum absolute atomic E-state index is 13.3. The van der Waals surface area contributed by atoms with E-state index in [4.69, 9.17) is 10.7 Å². The van der Waals surface area contributed by atoms with Gasteiger partial charge in [-0.2, -0.15) is 0 Å². The zero-order valence-electron chi connectivity index (χ0n) is 17.6. The lowest BCUT2D eigenvalue weighted by Crippen LogP contribution is -2.27. The second-order valence-corrected chi connectivity index (χ2v) is 8.37. The van der Waals surface area contributed by atoms with Gasteiger partial charge >= 0.3 is 0 Å². The average Bonchev–Trinajstić information content (AvgIpc) is 3.27. The molecule has 2 aromatic heterocycles. The van der Waals surface area contributed by atoms with Crippen molar-refractivity contribution in [1.29, 1.82) is 0 Å². The number of pyridine rings is 1. The number of benzene rings is 1. The number of carbonyl (C=O) groups excluding carboxylic acids is 1. The molecule has 6 heteroatoms. The Kier molecular flexibility index (Phi) is 7.02. The minimum atomic E-state index is -0.142. The fourth-order valence-corrected chi connectivity index (χ4v) is 4.23. The predicted octanol–water partition coefficient (Wildman–Crippen LogP) is 5.47. The summed E-state index contributed by atoms with van der Waals surface area (Å²) in [5.41, 5.74) is 11.5. The molecule has 4 N–H and O–H groups in total. The summed E-state index contributed by atoms with van der Waals surface area (Å²) in [7, 11) is 0. The van der Waals surface area contributed by atoms with Crippen LogP contribution in [0.1, 0.15) is 28.0 Å². The highest BCUT2D eigenvalue weighted by Crippen LogP contribution is 2.30. The molecule has 1 aliphatic carbocycles. The zero-order valence-corrected chi connectivity index (χ0v) is 19.8. The molecule has 3 aromatic rings. The van der Waals surface area contributed by atoms with Crippen LogP contribution >= 0.6 is 22.6 Å². The van der Waals surface area contributed by atoms with Crippen LogP contribution in [0, 0.1) is 5.92 Å². The molecule has 0 saturated carbocycles. The molecule has 1 amide bonds. The van der Waals surface area contributed by atoms with Gasteiger partial charge in [0.1, 0.15) is 0 Å². The van der Waals surface area contributed by atoms with Crippen molar-refractivity contribution >= 4 is 51.6 Å². The SMILES string of the molecule is C=Cc1nc(-c2c[nH]c3ccccc23)cc(C(=O)NCC2=CCC(CN)C=C2)c1/C=C/I. The highest BCUT2D eigenvalue weighted by molar-refractivity contribution is 14.1. The van der Waals surface area contributed by atoms with Crippen molar-refractivity contribution in [2.24, 2.45) is 11.7 Å². The van der Waals surface area contributed by atoms with Crippen LogP contribution in [0.25, 0.3) is 34.3 Å². The molecule has 0 fully saturated rings. The van der Waals surface area contributed by atoms with Gasteiger partial charge in [-0.3, -0.25) is 4.79 Å². The highest BCUT2D eigenvalue weighted by Gasteiger charge is 2.18. The summed E-state index contributed by atoms with van der Waals surface area (Å²) in [5, 5.41) is 4.13. The monoisotopic (exact) mass is 536 g/mol. The number of para-hydroxylation sites is 1. The van der Waals surface area contributed by atoms with Crippen LogP contribution in [0.5, 0.6) is 0 Å². The number of hydrogen-bond acceptors (Lipinski definition) is 3. The lowest BCUT2D eigenvalue weighted by atomic mass is 9.96. The predicted molar refractivity (Wildman–Crippen MR) is 141 cm³/mol. The Hall–Kier alpha value is -2.97. The van der Waals surface area contributed by atoms with Crippen LogP contribution in [-0.4, -0.2) is 29.0 Å². The number of allylic oxidation sites excluding steroid dienone is 1. The Balaban J connectivity index is 1.69. The number of fused-ring (bicyclic) bond motifs is 1. The van der Waals surface area contributed by atoms with Crippen LogP contribution in [0.15, 0.2) is 71.0 Å². The molecular weight excluding hydrogens is 511 g/mol. The van der Waals surface area contributed by atoms with Crippen LogP contribution in [0.4, 0.5) is 0 Å². The van der Waals surface area contributed by atoms with E-state index >= 15 is 0 Å². The minimum absolute atomic E-state index is 0.142. The maximum atomic E-state index is 13.3. The second kappa shape index (κ2) is 10.1. The first kappa shape index (κ1) is 22.2. The zero-order chi connectivity index (χ0) is 22.5. The first-order chi connectivity index (χ1) is 15.6. The molecule has 4 rings (SSSR count). The van der Waals surface area contributed by atoms with Gasteiger partial charge in [0.05, 0.1) is 17.0 Å². The molecule has 1 aliphatic rings. The van der Waals surface area contributed by atoms with Crippen molar-refractivity contribution in [2.45, 2.75) is 6.42 Å². The van der Waals surface area contributed by atoms with Gasteiger partial charge in [-0.05, 0) is 52.8 Å². The summed E-state index contributed by atoms with van der Waals surface area (Å²) in [6, 6.07) is 9.91. The molecule has 0 saturated heterocycles. The summed E-state index contributed by atoms with van der Waals surface area (Å²) in [6.45, 7) is 5.03. The number of halogens is 1. The number of aromatic nitrogens is 2.